The van der Waals surface area contributed by atoms with Crippen molar-refractivity contribution in [1.29, 1.82) is 0 Å². The minimum atomic E-state index is -0.487. The molecule has 1 aromatic heterocycles. The molecule has 0 fully saturated rings. The zero-order chi connectivity index (χ0) is 9.97. The maximum Gasteiger partial charge on any atom is 0.349 e. The van der Waals surface area contributed by atoms with Crippen LogP contribution in [0.1, 0.15) is 12.8 Å². The molecule has 0 bridgehead atoms. The van der Waals surface area contributed by atoms with Gasteiger partial charge in [0.15, 0.2) is 0 Å². The van der Waals surface area contributed by atoms with Crippen molar-refractivity contribution in [2.24, 2.45) is 0 Å². The van der Waals surface area contributed by atoms with Gasteiger partial charge in [-0.25, -0.2) is 4.79 Å². The number of nitrogens with one attached hydrogen (secondary N) is 1. The van der Waals surface area contributed by atoms with Crippen molar-refractivity contribution in [2.75, 3.05) is 0 Å². The van der Waals surface area contributed by atoms with Crippen molar-refractivity contribution in [2.45, 2.75) is 12.8 Å². The van der Waals surface area contributed by atoms with Crippen LogP contribution < -0.4 is 11.2 Å². The molecule has 0 radical (unpaired) electrons. The molecule has 0 unspecified atom stereocenters. The summed E-state index contributed by atoms with van der Waals surface area (Å²) < 4.78 is 1.21. The van der Waals surface area contributed by atoms with Gasteiger partial charge in [-0.15, -0.1) is 0 Å². The number of allylic oxidation sites excluding steroid dienone is 4. The second-order valence-electron chi connectivity index (χ2n) is 2.98. The molecule has 0 aliphatic heterocycles. The van der Waals surface area contributed by atoms with E-state index in [0.29, 0.717) is 0 Å². The van der Waals surface area contributed by atoms with Crippen molar-refractivity contribution in [3.63, 3.8) is 0 Å². The zero-order valence-electron chi connectivity index (χ0n) is 7.43. The van der Waals surface area contributed by atoms with Crippen LogP contribution in [-0.4, -0.2) is 14.8 Å². The number of H-pyrrole nitrogens is 1. The van der Waals surface area contributed by atoms with Gasteiger partial charge >= 0.3 is 5.69 Å². The summed E-state index contributed by atoms with van der Waals surface area (Å²) in [5, 5.41) is 3.76. The summed E-state index contributed by atoms with van der Waals surface area (Å²) in [5.41, 5.74) is -0.161. The van der Waals surface area contributed by atoms with Crippen LogP contribution in [0.3, 0.4) is 0 Å². The molecule has 1 aromatic rings. The van der Waals surface area contributed by atoms with Gasteiger partial charge in [0.05, 0.1) is 0 Å². The summed E-state index contributed by atoms with van der Waals surface area (Å²) in [6.07, 6.45) is 8.45. The van der Waals surface area contributed by atoms with E-state index in [1.807, 2.05) is 18.2 Å². The standard InChI is InChI=1S/C9H9N3O2/c13-8-6-10-12(9(14)11-8)7-4-2-1-3-5-7/h1-2,4,6H,3,5H2,(H,11,13,14). The van der Waals surface area contributed by atoms with Crippen molar-refractivity contribution >= 4 is 5.70 Å². The Morgan fingerprint density at radius 2 is 2.29 bits per heavy atom. The minimum Gasteiger partial charge on any atom is -0.271 e. The lowest BCUT2D eigenvalue weighted by Crippen LogP contribution is -2.31. The molecule has 0 saturated carbocycles. The van der Waals surface area contributed by atoms with Crippen LogP contribution in [0.4, 0.5) is 0 Å². The lowest BCUT2D eigenvalue weighted by Gasteiger charge is -2.08. The first-order valence-corrected chi connectivity index (χ1v) is 4.32. The Morgan fingerprint density at radius 1 is 1.43 bits per heavy atom. The van der Waals surface area contributed by atoms with E-state index >= 15 is 0 Å². The van der Waals surface area contributed by atoms with Gasteiger partial charge in [-0.2, -0.15) is 9.78 Å². The van der Waals surface area contributed by atoms with Gasteiger partial charge in [-0.1, -0.05) is 12.2 Å². The van der Waals surface area contributed by atoms with Gasteiger partial charge in [-0.05, 0) is 18.9 Å². The summed E-state index contributed by atoms with van der Waals surface area (Å²) in [5.74, 6) is 0. The summed E-state index contributed by atoms with van der Waals surface area (Å²) in [7, 11) is 0. The van der Waals surface area contributed by atoms with E-state index in [-0.39, 0.29) is 0 Å². The van der Waals surface area contributed by atoms with E-state index in [9.17, 15) is 9.59 Å². The van der Waals surface area contributed by atoms with Crippen LogP contribution >= 0.6 is 0 Å². The first-order valence-electron chi connectivity index (χ1n) is 4.32. The van der Waals surface area contributed by atoms with Crippen LogP contribution in [0.2, 0.25) is 0 Å². The zero-order valence-corrected chi connectivity index (χ0v) is 7.43. The van der Waals surface area contributed by atoms with Crippen LogP contribution in [0, 0.1) is 0 Å². The fourth-order valence-corrected chi connectivity index (χ4v) is 1.32. The highest BCUT2D eigenvalue weighted by Gasteiger charge is 2.05. The maximum atomic E-state index is 11.3. The Labute approximate surface area is 79.4 Å². The van der Waals surface area contributed by atoms with Crippen molar-refractivity contribution in [3.8, 4) is 0 Å². The highest BCUT2D eigenvalue weighted by molar-refractivity contribution is 5.48. The molecule has 5 nitrogen and oxygen atoms in total. The molecule has 1 heterocycles. The van der Waals surface area contributed by atoms with Gasteiger partial charge < -0.3 is 0 Å². The van der Waals surface area contributed by atoms with Crippen molar-refractivity contribution in [3.05, 3.63) is 45.3 Å². The molecule has 1 N–H and O–H groups in total. The van der Waals surface area contributed by atoms with Crippen molar-refractivity contribution < 1.29 is 0 Å². The normalized spacial score (nSPS) is 15.3. The predicted molar refractivity (Wildman–Crippen MR) is 51.8 cm³/mol. The van der Waals surface area contributed by atoms with Crippen LogP contribution in [-0.2, 0) is 0 Å². The average Bonchev–Trinajstić information content (AvgIpc) is 2.19. The second kappa shape index (κ2) is 3.45. The van der Waals surface area contributed by atoms with Crippen LogP contribution in [0.15, 0.2) is 34.0 Å². The first-order chi connectivity index (χ1) is 6.77. The molecular weight excluding hydrogens is 182 g/mol. The van der Waals surface area contributed by atoms with Crippen LogP contribution in [0.25, 0.3) is 5.70 Å². The SMILES string of the molecule is O=c1cnn(C2=CC=CCC2)c(=O)[nH]1. The summed E-state index contributed by atoms with van der Waals surface area (Å²) in [4.78, 5) is 24.2. The summed E-state index contributed by atoms with van der Waals surface area (Å²) in [6, 6.07) is 0. The Hall–Kier alpha value is -1.91. The average molecular weight is 191 g/mol. The fourth-order valence-electron chi connectivity index (χ4n) is 1.32. The van der Waals surface area contributed by atoms with E-state index in [0.717, 1.165) is 24.7 Å². The summed E-state index contributed by atoms with van der Waals surface area (Å²) >= 11 is 0. The fraction of sp³-hybridized carbons (Fsp3) is 0.222. The molecule has 0 aromatic carbocycles. The molecule has 1 aliphatic carbocycles. The quantitative estimate of drug-likeness (QED) is 0.685. The smallest absolute Gasteiger partial charge is 0.271 e. The van der Waals surface area contributed by atoms with E-state index in [1.165, 1.54) is 4.68 Å². The molecular formula is C9H9N3O2. The first kappa shape index (κ1) is 8.68. The summed E-state index contributed by atoms with van der Waals surface area (Å²) in [6.45, 7) is 0. The Morgan fingerprint density at radius 3 is 2.93 bits per heavy atom. The highest BCUT2D eigenvalue weighted by Crippen LogP contribution is 2.13. The second-order valence-corrected chi connectivity index (χ2v) is 2.98. The van der Waals surface area contributed by atoms with Gasteiger partial charge in [0, 0.05) is 5.70 Å². The highest BCUT2D eigenvalue weighted by atomic mass is 16.2. The number of hydrogen-bond donors (Lipinski definition) is 1. The number of aromatic amines is 1. The lowest BCUT2D eigenvalue weighted by molar-refractivity contribution is 0.735. The van der Waals surface area contributed by atoms with E-state index in [1.54, 1.807) is 0 Å². The monoisotopic (exact) mass is 191 g/mol. The number of rotatable bonds is 1. The van der Waals surface area contributed by atoms with E-state index < -0.39 is 11.2 Å². The molecule has 1 aliphatic rings. The van der Waals surface area contributed by atoms with E-state index in [4.69, 9.17) is 0 Å². The third-order valence-electron chi connectivity index (χ3n) is 1.98. The predicted octanol–water partition coefficient (Wildman–Crippen LogP) is 0.122. The van der Waals surface area contributed by atoms with E-state index in [2.05, 4.69) is 10.1 Å². The Bertz CT molecular complexity index is 507. The minimum absolute atomic E-state index is 0.474. The molecule has 14 heavy (non-hydrogen) atoms. The number of hydrogen-bond acceptors (Lipinski definition) is 3. The number of nitrogens with zero attached hydrogens (tertiary/aromatic N) is 2. The topological polar surface area (TPSA) is 67.8 Å². The van der Waals surface area contributed by atoms with Gasteiger partial charge in [-0.3, -0.25) is 9.78 Å². The number of aromatic nitrogens is 3. The maximum absolute atomic E-state index is 11.3. The molecule has 0 saturated heterocycles. The van der Waals surface area contributed by atoms with Gasteiger partial charge in [0.2, 0.25) is 0 Å². The molecule has 0 atom stereocenters. The Kier molecular flexibility index (Phi) is 2.14. The Balaban J connectivity index is 2.51. The van der Waals surface area contributed by atoms with Gasteiger partial charge in [0.25, 0.3) is 5.56 Å². The third-order valence-corrected chi connectivity index (χ3v) is 1.98. The molecule has 5 heteroatoms. The largest absolute Gasteiger partial charge is 0.349 e. The molecule has 0 spiro atoms. The molecule has 0 amide bonds. The van der Waals surface area contributed by atoms with Crippen molar-refractivity contribution in [1.82, 2.24) is 14.8 Å². The van der Waals surface area contributed by atoms with Gasteiger partial charge in [0.1, 0.15) is 6.20 Å². The lowest BCUT2D eigenvalue weighted by atomic mass is 10.1. The molecule has 2 rings (SSSR count). The molecule has 72 valence electrons. The third kappa shape index (κ3) is 1.56. The van der Waals surface area contributed by atoms with Crippen LogP contribution in [0.5, 0.6) is 0 Å².